The number of allylic oxidation sites excluding steroid dienone is 1. The summed E-state index contributed by atoms with van der Waals surface area (Å²) >= 11 is 1.89. The molecular weight excluding hydrogens is 286 g/mol. The molecule has 1 heterocycles. The minimum atomic E-state index is 0.607. The van der Waals surface area contributed by atoms with Gasteiger partial charge in [0.2, 0.25) is 0 Å². The SMILES string of the molecule is Nc1cccc2sc3c(c12)C1CC(C=C3)C1c1ccccc1. The van der Waals surface area contributed by atoms with E-state index in [1.807, 2.05) is 17.4 Å². The zero-order chi connectivity index (χ0) is 14.7. The number of nitrogens with two attached hydrogens (primary N) is 1. The summed E-state index contributed by atoms with van der Waals surface area (Å²) in [5.41, 5.74) is 10.2. The van der Waals surface area contributed by atoms with Gasteiger partial charge in [-0.25, -0.2) is 0 Å². The van der Waals surface area contributed by atoms with Crippen LogP contribution in [-0.4, -0.2) is 0 Å². The zero-order valence-electron chi connectivity index (χ0n) is 12.2. The van der Waals surface area contributed by atoms with Crippen molar-refractivity contribution >= 4 is 33.2 Å². The molecule has 0 aliphatic heterocycles. The standard InChI is InChI=1S/C20H17NS/c21-15-7-4-8-16-20(15)19-14-11-13(9-10-17(19)22-16)18(14)12-5-2-1-3-6-12/h1-10,13-14,18H,11,21H2. The molecule has 2 N–H and O–H groups in total. The van der Waals surface area contributed by atoms with Crippen LogP contribution in [0.1, 0.15) is 34.3 Å². The average molecular weight is 303 g/mol. The molecule has 2 aliphatic carbocycles. The summed E-state index contributed by atoms with van der Waals surface area (Å²) in [4.78, 5) is 1.42. The second-order valence-corrected chi connectivity index (χ2v) is 7.49. The smallest absolute Gasteiger partial charge is 0.0405 e. The van der Waals surface area contributed by atoms with E-state index in [2.05, 4.69) is 54.6 Å². The van der Waals surface area contributed by atoms with E-state index in [1.165, 1.54) is 32.5 Å². The second kappa shape index (κ2) is 4.47. The molecule has 1 nitrogen and oxygen atoms in total. The fourth-order valence-corrected chi connectivity index (χ4v) is 5.48. The first-order valence-corrected chi connectivity index (χ1v) is 8.68. The third-order valence-corrected chi connectivity index (χ3v) is 6.42. The first-order valence-electron chi connectivity index (χ1n) is 7.87. The van der Waals surface area contributed by atoms with E-state index in [0.717, 1.165) is 5.69 Å². The molecule has 0 radical (unpaired) electrons. The Bertz CT molecular complexity index is 891. The fraction of sp³-hybridized carbons (Fsp3) is 0.200. The van der Waals surface area contributed by atoms with Gasteiger partial charge < -0.3 is 5.73 Å². The summed E-state index contributed by atoms with van der Waals surface area (Å²) in [6.45, 7) is 0. The molecule has 3 aromatic rings. The molecule has 108 valence electrons. The lowest BCUT2D eigenvalue weighted by molar-refractivity contribution is 0.263. The maximum absolute atomic E-state index is 6.32. The quantitative estimate of drug-likeness (QED) is 0.599. The van der Waals surface area contributed by atoms with Gasteiger partial charge in [-0.15, -0.1) is 11.3 Å². The Kier molecular flexibility index (Phi) is 2.53. The van der Waals surface area contributed by atoms with Gasteiger partial charge in [-0.2, -0.15) is 0 Å². The Morgan fingerprint density at radius 3 is 2.73 bits per heavy atom. The molecule has 1 aromatic heterocycles. The summed E-state index contributed by atoms with van der Waals surface area (Å²) < 4.78 is 1.33. The van der Waals surface area contributed by atoms with Crippen LogP contribution in [0.4, 0.5) is 5.69 Å². The summed E-state index contributed by atoms with van der Waals surface area (Å²) in [5.74, 6) is 1.89. The first-order chi connectivity index (χ1) is 10.8. The molecule has 0 saturated heterocycles. The van der Waals surface area contributed by atoms with Crippen molar-refractivity contribution in [2.24, 2.45) is 5.92 Å². The summed E-state index contributed by atoms with van der Waals surface area (Å²) in [7, 11) is 0. The molecular formula is C20H17NS. The van der Waals surface area contributed by atoms with Crippen LogP contribution in [0.25, 0.3) is 16.2 Å². The molecule has 2 bridgehead atoms. The van der Waals surface area contributed by atoms with Crippen molar-refractivity contribution in [2.45, 2.75) is 18.3 Å². The molecule has 3 atom stereocenters. The predicted molar refractivity (Wildman–Crippen MR) is 95.3 cm³/mol. The van der Waals surface area contributed by atoms with Crippen LogP contribution < -0.4 is 5.73 Å². The second-order valence-electron chi connectivity index (χ2n) is 6.40. The van der Waals surface area contributed by atoms with Gasteiger partial charge in [0.05, 0.1) is 0 Å². The number of benzene rings is 2. The molecule has 3 unspecified atom stereocenters. The number of rotatable bonds is 1. The van der Waals surface area contributed by atoms with E-state index in [9.17, 15) is 0 Å². The summed E-state index contributed by atoms with van der Waals surface area (Å²) in [6.07, 6.45) is 6.02. The lowest BCUT2D eigenvalue weighted by Gasteiger charge is -2.43. The fourth-order valence-electron chi connectivity index (χ4n) is 4.26. The molecule has 5 rings (SSSR count). The van der Waals surface area contributed by atoms with E-state index in [-0.39, 0.29) is 0 Å². The Balaban J connectivity index is 1.74. The number of hydrogen-bond donors (Lipinski definition) is 1. The van der Waals surface area contributed by atoms with Crippen molar-refractivity contribution in [1.29, 1.82) is 0 Å². The molecule has 2 aromatic carbocycles. The molecule has 2 aliphatic rings. The predicted octanol–water partition coefficient (Wildman–Crippen LogP) is 5.40. The Morgan fingerprint density at radius 2 is 1.86 bits per heavy atom. The van der Waals surface area contributed by atoms with E-state index >= 15 is 0 Å². The van der Waals surface area contributed by atoms with Crippen LogP contribution in [0.3, 0.4) is 0 Å². The number of anilines is 1. The minimum Gasteiger partial charge on any atom is -0.398 e. The Labute approximate surface area is 134 Å². The maximum atomic E-state index is 6.32. The number of hydrogen-bond acceptors (Lipinski definition) is 2. The van der Waals surface area contributed by atoms with Crippen LogP contribution in [-0.2, 0) is 0 Å². The van der Waals surface area contributed by atoms with Crippen molar-refractivity contribution in [1.82, 2.24) is 0 Å². The molecule has 1 saturated carbocycles. The van der Waals surface area contributed by atoms with E-state index in [0.29, 0.717) is 17.8 Å². The van der Waals surface area contributed by atoms with Crippen molar-refractivity contribution in [3.63, 3.8) is 0 Å². The molecule has 1 fully saturated rings. The van der Waals surface area contributed by atoms with Crippen LogP contribution in [0.5, 0.6) is 0 Å². The van der Waals surface area contributed by atoms with Gasteiger partial charge >= 0.3 is 0 Å². The van der Waals surface area contributed by atoms with Gasteiger partial charge in [-0.1, -0.05) is 42.5 Å². The van der Waals surface area contributed by atoms with Crippen molar-refractivity contribution in [3.05, 3.63) is 70.6 Å². The van der Waals surface area contributed by atoms with E-state index in [4.69, 9.17) is 5.73 Å². The van der Waals surface area contributed by atoms with Gasteiger partial charge in [0.25, 0.3) is 0 Å². The lowest BCUT2D eigenvalue weighted by Crippen LogP contribution is -2.30. The maximum Gasteiger partial charge on any atom is 0.0405 e. The van der Waals surface area contributed by atoms with Gasteiger partial charge in [0.1, 0.15) is 0 Å². The van der Waals surface area contributed by atoms with Crippen LogP contribution in [0, 0.1) is 5.92 Å². The average Bonchev–Trinajstić information content (AvgIpc) is 2.68. The minimum absolute atomic E-state index is 0.607. The van der Waals surface area contributed by atoms with Crippen LogP contribution >= 0.6 is 11.3 Å². The third kappa shape index (κ3) is 1.59. The number of nitrogen functional groups attached to an aromatic ring is 1. The number of fused-ring (bicyclic) bond motifs is 6. The highest BCUT2D eigenvalue weighted by atomic mass is 32.1. The largest absolute Gasteiger partial charge is 0.398 e. The van der Waals surface area contributed by atoms with Gasteiger partial charge in [0, 0.05) is 20.7 Å². The molecule has 0 spiro atoms. The number of thiophene rings is 1. The molecule has 22 heavy (non-hydrogen) atoms. The van der Waals surface area contributed by atoms with E-state index in [1.54, 1.807) is 0 Å². The van der Waals surface area contributed by atoms with Crippen LogP contribution in [0.15, 0.2) is 54.6 Å². The Morgan fingerprint density at radius 1 is 1.00 bits per heavy atom. The molecule has 2 heteroatoms. The van der Waals surface area contributed by atoms with E-state index < -0.39 is 0 Å². The molecule has 0 amide bonds. The first kappa shape index (κ1) is 12.5. The summed E-state index contributed by atoms with van der Waals surface area (Å²) in [6, 6.07) is 17.3. The monoisotopic (exact) mass is 303 g/mol. The van der Waals surface area contributed by atoms with Crippen molar-refractivity contribution < 1.29 is 0 Å². The van der Waals surface area contributed by atoms with Gasteiger partial charge in [-0.05, 0) is 53.5 Å². The van der Waals surface area contributed by atoms with Gasteiger partial charge in [-0.3, -0.25) is 0 Å². The normalized spacial score (nSPS) is 25.5. The highest BCUT2D eigenvalue weighted by Gasteiger charge is 2.44. The van der Waals surface area contributed by atoms with Crippen LogP contribution in [0.2, 0.25) is 0 Å². The van der Waals surface area contributed by atoms with Gasteiger partial charge in [0.15, 0.2) is 0 Å². The third-order valence-electron chi connectivity index (χ3n) is 5.28. The highest BCUT2D eigenvalue weighted by Crippen LogP contribution is 2.59. The lowest BCUT2D eigenvalue weighted by atomic mass is 9.60. The zero-order valence-corrected chi connectivity index (χ0v) is 13.0. The Hall–Kier alpha value is -2.06. The highest BCUT2D eigenvalue weighted by molar-refractivity contribution is 7.20. The van der Waals surface area contributed by atoms with Crippen molar-refractivity contribution in [2.75, 3.05) is 5.73 Å². The topological polar surface area (TPSA) is 26.0 Å². The summed E-state index contributed by atoms with van der Waals surface area (Å²) in [5, 5.41) is 1.30. The van der Waals surface area contributed by atoms with Crippen molar-refractivity contribution in [3.8, 4) is 0 Å².